The molecule has 5 nitrogen and oxygen atoms in total. The molecule has 1 aliphatic heterocycles. The van der Waals surface area contributed by atoms with Crippen LogP contribution in [0.1, 0.15) is 56.5 Å². The van der Waals surface area contributed by atoms with Crippen LogP contribution in [0.3, 0.4) is 0 Å². The average Bonchev–Trinajstić information content (AvgIpc) is 2.94. The van der Waals surface area contributed by atoms with Gasteiger partial charge in [0.25, 0.3) is 0 Å². The van der Waals surface area contributed by atoms with Gasteiger partial charge in [-0.2, -0.15) is 0 Å². The highest BCUT2D eigenvalue weighted by atomic mass is 15.5. The van der Waals surface area contributed by atoms with Crippen molar-refractivity contribution in [1.82, 2.24) is 20.2 Å². The van der Waals surface area contributed by atoms with Gasteiger partial charge in [-0.15, -0.1) is 5.10 Å². The number of aromatic nitrogens is 4. The third-order valence-corrected chi connectivity index (χ3v) is 4.36. The van der Waals surface area contributed by atoms with Crippen LogP contribution in [0.15, 0.2) is 18.2 Å². The lowest BCUT2D eigenvalue weighted by molar-refractivity contribution is 0.545. The Labute approximate surface area is 132 Å². The Bertz CT molecular complexity index is 632. The molecule has 2 aromatic rings. The first-order valence-corrected chi connectivity index (χ1v) is 8.32. The summed E-state index contributed by atoms with van der Waals surface area (Å²) in [7, 11) is 0. The van der Waals surface area contributed by atoms with Gasteiger partial charge >= 0.3 is 0 Å². The predicted molar refractivity (Wildman–Crippen MR) is 88.0 cm³/mol. The first kappa shape index (κ1) is 15.0. The summed E-state index contributed by atoms with van der Waals surface area (Å²) in [4.78, 5) is 2.42. The van der Waals surface area contributed by atoms with Gasteiger partial charge in [-0.05, 0) is 52.8 Å². The van der Waals surface area contributed by atoms with E-state index >= 15 is 0 Å². The highest BCUT2D eigenvalue weighted by molar-refractivity contribution is 5.57. The molecule has 0 radical (unpaired) electrons. The van der Waals surface area contributed by atoms with Crippen LogP contribution in [0.5, 0.6) is 0 Å². The second-order valence-electron chi connectivity index (χ2n) is 6.39. The summed E-state index contributed by atoms with van der Waals surface area (Å²) in [5.41, 5.74) is 4.24. The fourth-order valence-electron chi connectivity index (χ4n) is 3.11. The Morgan fingerprint density at radius 3 is 2.91 bits per heavy atom. The molecule has 0 unspecified atom stereocenters. The van der Waals surface area contributed by atoms with Crippen molar-refractivity contribution in [2.45, 2.75) is 59.0 Å². The summed E-state index contributed by atoms with van der Waals surface area (Å²) in [6.07, 6.45) is 3.42. The molecule has 3 rings (SSSR count). The Kier molecular flexibility index (Phi) is 4.41. The first-order chi connectivity index (χ1) is 10.7. The van der Waals surface area contributed by atoms with E-state index in [0.29, 0.717) is 5.92 Å². The van der Waals surface area contributed by atoms with Crippen LogP contribution in [0, 0.1) is 0 Å². The maximum atomic E-state index is 4.21. The minimum atomic E-state index is 0.581. The standard InChI is InChI=1S/C17H25N5/c1-4-9-22-17(18-19-20-22)12-21-10-5-6-15-11-14(13(2)3)7-8-16(15)21/h7-8,11,13H,4-6,9-10,12H2,1-3H3. The molecule has 0 N–H and O–H groups in total. The molecule has 0 spiro atoms. The number of nitrogens with zero attached hydrogens (tertiary/aromatic N) is 5. The van der Waals surface area contributed by atoms with Crippen molar-refractivity contribution in [2.75, 3.05) is 11.4 Å². The van der Waals surface area contributed by atoms with Crippen LogP contribution in [-0.4, -0.2) is 26.8 Å². The number of rotatable bonds is 5. The molecule has 0 atom stereocenters. The SMILES string of the molecule is CCCn1nnnc1CN1CCCc2cc(C(C)C)ccc21. The Hall–Kier alpha value is -1.91. The molecule has 0 bridgehead atoms. The van der Waals surface area contributed by atoms with Gasteiger partial charge in [0.1, 0.15) is 0 Å². The second-order valence-corrected chi connectivity index (χ2v) is 6.39. The van der Waals surface area contributed by atoms with Crippen LogP contribution in [0.25, 0.3) is 0 Å². The summed E-state index contributed by atoms with van der Waals surface area (Å²) in [5, 5.41) is 12.1. The number of fused-ring (bicyclic) bond motifs is 1. The van der Waals surface area contributed by atoms with E-state index in [4.69, 9.17) is 0 Å². The lowest BCUT2D eigenvalue weighted by atomic mass is 9.95. The van der Waals surface area contributed by atoms with Crippen molar-refractivity contribution in [3.8, 4) is 0 Å². The molecule has 2 heterocycles. The van der Waals surface area contributed by atoms with Gasteiger partial charge in [0.2, 0.25) is 0 Å². The van der Waals surface area contributed by atoms with E-state index in [-0.39, 0.29) is 0 Å². The minimum Gasteiger partial charge on any atom is -0.364 e. The minimum absolute atomic E-state index is 0.581. The van der Waals surface area contributed by atoms with Crippen LogP contribution in [0.2, 0.25) is 0 Å². The number of benzene rings is 1. The highest BCUT2D eigenvalue weighted by Crippen LogP contribution is 2.31. The maximum Gasteiger partial charge on any atom is 0.170 e. The summed E-state index contributed by atoms with van der Waals surface area (Å²) in [5.74, 6) is 1.54. The van der Waals surface area contributed by atoms with Gasteiger partial charge in [0, 0.05) is 18.8 Å². The van der Waals surface area contributed by atoms with Gasteiger partial charge in [-0.25, -0.2) is 4.68 Å². The van der Waals surface area contributed by atoms with E-state index in [1.807, 2.05) is 4.68 Å². The molecule has 1 aliphatic rings. The van der Waals surface area contributed by atoms with Crippen molar-refractivity contribution in [2.24, 2.45) is 0 Å². The third-order valence-electron chi connectivity index (χ3n) is 4.36. The molecular formula is C17H25N5. The van der Waals surface area contributed by atoms with Crippen molar-refractivity contribution in [3.63, 3.8) is 0 Å². The molecule has 0 amide bonds. The summed E-state index contributed by atoms with van der Waals surface area (Å²) >= 11 is 0. The quantitative estimate of drug-likeness (QED) is 0.851. The third kappa shape index (κ3) is 2.98. The van der Waals surface area contributed by atoms with Crippen LogP contribution < -0.4 is 4.90 Å². The van der Waals surface area contributed by atoms with Gasteiger partial charge in [0.15, 0.2) is 5.82 Å². The lowest BCUT2D eigenvalue weighted by Crippen LogP contribution is -2.30. The molecule has 118 valence electrons. The molecule has 1 aromatic carbocycles. The largest absolute Gasteiger partial charge is 0.364 e. The lowest BCUT2D eigenvalue weighted by Gasteiger charge is -2.31. The first-order valence-electron chi connectivity index (χ1n) is 8.32. The normalized spacial score (nSPS) is 14.5. The zero-order valence-electron chi connectivity index (χ0n) is 13.8. The van der Waals surface area contributed by atoms with E-state index in [0.717, 1.165) is 31.9 Å². The molecular weight excluding hydrogens is 274 g/mol. The number of hydrogen-bond acceptors (Lipinski definition) is 4. The number of aryl methyl sites for hydroxylation is 2. The van der Waals surface area contributed by atoms with Gasteiger partial charge in [-0.3, -0.25) is 0 Å². The molecule has 0 saturated heterocycles. The molecule has 0 saturated carbocycles. The fraction of sp³-hybridized carbons (Fsp3) is 0.588. The molecule has 0 fully saturated rings. The predicted octanol–water partition coefficient (Wildman–Crippen LogP) is 3.16. The summed E-state index contributed by atoms with van der Waals surface area (Å²) < 4.78 is 1.93. The number of tetrazole rings is 1. The molecule has 0 aliphatic carbocycles. The van der Waals surface area contributed by atoms with Crippen LogP contribution in [-0.2, 0) is 19.5 Å². The van der Waals surface area contributed by atoms with Gasteiger partial charge in [0.05, 0.1) is 6.54 Å². The topological polar surface area (TPSA) is 46.8 Å². The summed E-state index contributed by atoms with van der Waals surface area (Å²) in [6, 6.07) is 6.91. The average molecular weight is 299 g/mol. The van der Waals surface area contributed by atoms with E-state index in [1.165, 1.54) is 29.7 Å². The Morgan fingerprint density at radius 2 is 2.14 bits per heavy atom. The van der Waals surface area contributed by atoms with Gasteiger partial charge in [-0.1, -0.05) is 32.9 Å². The van der Waals surface area contributed by atoms with Crippen molar-refractivity contribution in [1.29, 1.82) is 0 Å². The maximum absolute atomic E-state index is 4.21. The Morgan fingerprint density at radius 1 is 1.27 bits per heavy atom. The monoisotopic (exact) mass is 299 g/mol. The Balaban J connectivity index is 1.84. The fourth-order valence-corrected chi connectivity index (χ4v) is 3.11. The molecule has 22 heavy (non-hydrogen) atoms. The number of anilines is 1. The number of hydrogen-bond donors (Lipinski definition) is 0. The van der Waals surface area contributed by atoms with E-state index in [9.17, 15) is 0 Å². The van der Waals surface area contributed by atoms with Crippen LogP contribution in [0.4, 0.5) is 5.69 Å². The van der Waals surface area contributed by atoms with Crippen LogP contribution >= 0.6 is 0 Å². The van der Waals surface area contributed by atoms with E-state index in [2.05, 4.69) is 59.4 Å². The zero-order valence-corrected chi connectivity index (χ0v) is 13.8. The van der Waals surface area contributed by atoms with E-state index in [1.54, 1.807) is 0 Å². The second kappa shape index (κ2) is 6.46. The summed E-state index contributed by atoms with van der Waals surface area (Å²) in [6.45, 7) is 9.40. The van der Waals surface area contributed by atoms with E-state index < -0.39 is 0 Å². The van der Waals surface area contributed by atoms with Crippen molar-refractivity contribution >= 4 is 5.69 Å². The molecule has 5 heteroatoms. The highest BCUT2D eigenvalue weighted by Gasteiger charge is 2.20. The molecule has 1 aromatic heterocycles. The van der Waals surface area contributed by atoms with Crippen molar-refractivity contribution < 1.29 is 0 Å². The smallest absolute Gasteiger partial charge is 0.170 e. The zero-order chi connectivity index (χ0) is 15.5. The van der Waals surface area contributed by atoms with Gasteiger partial charge < -0.3 is 4.90 Å². The van der Waals surface area contributed by atoms with Crippen molar-refractivity contribution in [3.05, 3.63) is 35.2 Å².